The second-order valence-corrected chi connectivity index (χ2v) is 17.3. The van der Waals surface area contributed by atoms with Crippen molar-refractivity contribution in [2.75, 3.05) is 26.4 Å². The number of carbonyl (C=O) groups is 1. The Morgan fingerprint density at radius 3 is 1.52 bits per heavy atom. The Balaban J connectivity index is 0.000000103. The van der Waals surface area contributed by atoms with Crippen LogP contribution in [0.25, 0.3) is 0 Å². The molecular weight excluding hydrogens is 520 g/mol. The molecule has 0 aromatic rings. The Hall–Kier alpha value is -0.450. The van der Waals surface area contributed by atoms with E-state index in [0.29, 0.717) is 23.0 Å². The molecule has 12 rings (SSSR count). The van der Waals surface area contributed by atoms with Crippen molar-refractivity contribution < 1.29 is 19.0 Å². The molecule has 0 N–H and O–H groups in total. The molecule has 0 spiro atoms. The van der Waals surface area contributed by atoms with E-state index in [2.05, 4.69) is 27.7 Å². The lowest BCUT2D eigenvalue weighted by molar-refractivity contribution is -0.191. The van der Waals surface area contributed by atoms with Gasteiger partial charge in [0, 0.05) is 31.7 Å². The first-order valence-electron chi connectivity index (χ1n) is 18.6. The lowest BCUT2D eigenvalue weighted by atomic mass is 9.50. The quantitative estimate of drug-likeness (QED) is 0.301. The molecule has 12 fully saturated rings. The van der Waals surface area contributed by atoms with Crippen LogP contribution in [0.5, 0.6) is 0 Å². The van der Waals surface area contributed by atoms with Crippen LogP contribution in [0, 0.1) is 64.6 Å². The third-order valence-electron chi connectivity index (χ3n) is 14.4. The van der Waals surface area contributed by atoms with E-state index >= 15 is 0 Å². The van der Waals surface area contributed by atoms with Gasteiger partial charge in [-0.05, 0) is 183 Å². The highest BCUT2D eigenvalue weighted by molar-refractivity contribution is 5.85. The minimum atomic E-state index is 0.110. The lowest BCUT2D eigenvalue weighted by Gasteiger charge is -2.59. The Morgan fingerprint density at radius 2 is 1.05 bits per heavy atom. The van der Waals surface area contributed by atoms with Crippen molar-refractivity contribution in [2.24, 2.45) is 64.6 Å². The van der Waals surface area contributed by atoms with E-state index < -0.39 is 0 Å². The van der Waals surface area contributed by atoms with Crippen molar-refractivity contribution in [2.45, 2.75) is 142 Å². The molecule has 0 amide bonds. The van der Waals surface area contributed by atoms with Crippen molar-refractivity contribution in [1.82, 2.24) is 0 Å². The summed E-state index contributed by atoms with van der Waals surface area (Å²) in [5.74, 6) is 9.16. The van der Waals surface area contributed by atoms with E-state index in [0.717, 1.165) is 99.5 Å². The predicted molar refractivity (Wildman–Crippen MR) is 167 cm³/mol. The Bertz CT molecular complexity index is 889. The van der Waals surface area contributed by atoms with Crippen molar-refractivity contribution >= 4 is 5.78 Å². The summed E-state index contributed by atoms with van der Waals surface area (Å²) in [4.78, 5) is 11.9. The fraction of sp³-hybridized carbons (Fsp3) is 0.974. The zero-order valence-electron chi connectivity index (χ0n) is 27.5. The highest BCUT2D eigenvalue weighted by Crippen LogP contribution is 2.61. The van der Waals surface area contributed by atoms with Gasteiger partial charge in [-0.25, -0.2) is 0 Å². The summed E-state index contributed by atoms with van der Waals surface area (Å²) < 4.78 is 17.8. The van der Waals surface area contributed by atoms with Crippen molar-refractivity contribution in [3.8, 4) is 0 Å². The van der Waals surface area contributed by atoms with Gasteiger partial charge in [0.1, 0.15) is 5.78 Å². The van der Waals surface area contributed by atoms with Gasteiger partial charge in [-0.15, -0.1) is 0 Å². The maximum atomic E-state index is 11.9. The number of hydrogen-bond donors (Lipinski definition) is 0. The number of ketones is 1. The van der Waals surface area contributed by atoms with Gasteiger partial charge in [-0.3, -0.25) is 4.79 Å². The summed E-state index contributed by atoms with van der Waals surface area (Å²) in [6.45, 7) is 12.4. The summed E-state index contributed by atoms with van der Waals surface area (Å²) in [5.41, 5.74) is 0.992. The van der Waals surface area contributed by atoms with Crippen LogP contribution in [-0.4, -0.2) is 43.4 Å². The van der Waals surface area contributed by atoms with Crippen LogP contribution < -0.4 is 0 Å². The van der Waals surface area contributed by atoms with E-state index in [1.165, 1.54) is 57.8 Å². The molecule has 2 unspecified atom stereocenters. The fourth-order valence-corrected chi connectivity index (χ4v) is 13.6. The van der Waals surface area contributed by atoms with E-state index in [9.17, 15) is 4.79 Å². The van der Waals surface area contributed by atoms with Crippen LogP contribution >= 0.6 is 0 Å². The van der Waals surface area contributed by atoms with Gasteiger partial charge in [-0.2, -0.15) is 0 Å². The smallest absolute Gasteiger partial charge is 0.139 e. The molecule has 4 nitrogen and oxygen atoms in total. The minimum absolute atomic E-state index is 0.110. The highest BCUT2D eigenvalue weighted by atomic mass is 16.5. The molecule has 0 radical (unpaired) electrons. The van der Waals surface area contributed by atoms with Crippen LogP contribution in [0.1, 0.15) is 130 Å². The average Bonchev–Trinajstić information content (AvgIpc) is 2.93. The highest BCUT2D eigenvalue weighted by Gasteiger charge is 2.57. The van der Waals surface area contributed by atoms with Gasteiger partial charge >= 0.3 is 0 Å². The fourth-order valence-electron chi connectivity index (χ4n) is 13.6. The molecule has 0 aliphatic heterocycles. The van der Waals surface area contributed by atoms with Gasteiger partial charge in [0.15, 0.2) is 0 Å². The molecule has 0 heterocycles. The van der Waals surface area contributed by atoms with Crippen molar-refractivity contribution in [3.63, 3.8) is 0 Å². The molecule has 238 valence electrons. The molecule has 0 aromatic carbocycles. The first-order chi connectivity index (χ1) is 20.2. The Labute approximate surface area is 257 Å². The summed E-state index contributed by atoms with van der Waals surface area (Å²) >= 11 is 0. The van der Waals surface area contributed by atoms with Gasteiger partial charge < -0.3 is 14.2 Å². The first kappa shape index (κ1) is 30.2. The van der Waals surface area contributed by atoms with Crippen LogP contribution in [0.4, 0.5) is 0 Å². The molecule has 12 bridgehead atoms. The molecule has 12 aliphatic carbocycles. The Kier molecular flexibility index (Phi) is 8.44. The predicted octanol–water partition coefficient (Wildman–Crippen LogP) is 8.65. The molecule has 42 heavy (non-hydrogen) atoms. The van der Waals surface area contributed by atoms with E-state index in [1.54, 1.807) is 19.3 Å². The van der Waals surface area contributed by atoms with Gasteiger partial charge in [0.05, 0.1) is 17.8 Å². The third-order valence-corrected chi connectivity index (χ3v) is 14.4. The first-order valence-corrected chi connectivity index (χ1v) is 18.6. The monoisotopic (exact) mass is 582 g/mol. The number of carbonyl (C=O) groups excluding carboxylic acids is 1. The van der Waals surface area contributed by atoms with Crippen molar-refractivity contribution in [3.05, 3.63) is 0 Å². The maximum absolute atomic E-state index is 11.9. The van der Waals surface area contributed by atoms with Crippen LogP contribution in [0.15, 0.2) is 0 Å². The van der Waals surface area contributed by atoms with E-state index in [4.69, 9.17) is 14.2 Å². The molecule has 0 saturated heterocycles. The van der Waals surface area contributed by atoms with Gasteiger partial charge in [0.2, 0.25) is 0 Å². The third kappa shape index (κ3) is 5.59. The molecule has 0 aromatic heterocycles. The van der Waals surface area contributed by atoms with Gasteiger partial charge in [0.25, 0.3) is 0 Å². The topological polar surface area (TPSA) is 44.8 Å². The SMILES string of the molecule is CCOC1(C)C2CC3CC(C2)CC1C3.CCOC12CC3CC(C1)C(=O)C(C3)C2.CCOCC12CC3CC(CC(C3)C1)C2. The van der Waals surface area contributed by atoms with Crippen LogP contribution in [0.3, 0.4) is 0 Å². The van der Waals surface area contributed by atoms with E-state index in [1.807, 2.05) is 0 Å². The summed E-state index contributed by atoms with van der Waals surface area (Å²) in [5, 5.41) is 0. The van der Waals surface area contributed by atoms with E-state index in [-0.39, 0.29) is 11.2 Å². The normalized spacial score (nSPS) is 51.8. The van der Waals surface area contributed by atoms with Crippen molar-refractivity contribution in [1.29, 1.82) is 0 Å². The lowest BCUT2D eigenvalue weighted by Crippen LogP contribution is -2.57. The second kappa shape index (κ2) is 11.7. The minimum Gasteiger partial charge on any atom is -0.381 e. The molecule has 4 heteroatoms. The Morgan fingerprint density at radius 1 is 0.571 bits per heavy atom. The standard InChI is InChI=1S/2C13H22O.C12H18O2/c1-3-14-13(2)11-5-9-4-10(7-11)8-12(13)6-9;1-2-14-9-13-6-10-3-11(7-13)5-12(4-10)8-13;1-2-14-12-5-8-3-9(6-12)11(13)10(4-8)7-12/h9-12H,3-8H2,1-2H3;10-12H,2-9H2,1H3;8-10H,2-7H2,1H3. The molecule has 12 aliphatic rings. The second-order valence-electron chi connectivity index (χ2n) is 17.3. The number of hydrogen-bond acceptors (Lipinski definition) is 4. The summed E-state index contributed by atoms with van der Waals surface area (Å²) in [7, 11) is 0. The number of rotatable bonds is 7. The molecule has 2 atom stereocenters. The van der Waals surface area contributed by atoms with Crippen LogP contribution in [-0.2, 0) is 19.0 Å². The summed E-state index contributed by atoms with van der Waals surface area (Å²) in [6.07, 6.45) is 22.1. The molecular formula is C38H62O4. The largest absolute Gasteiger partial charge is 0.381 e. The van der Waals surface area contributed by atoms with Gasteiger partial charge in [-0.1, -0.05) is 0 Å². The zero-order valence-corrected chi connectivity index (χ0v) is 27.5. The number of ether oxygens (including phenoxy) is 3. The number of Topliss-reactive ketones (excluding diaryl/α,β-unsaturated/α-hetero) is 1. The van der Waals surface area contributed by atoms with Crippen LogP contribution in [0.2, 0.25) is 0 Å². The maximum Gasteiger partial charge on any atom is 0.139 e. The zero-order chi connectivity index (χ0) is 29.1. The molecule has 12 saturated carbocycles. The average molecular weight is 583 g/mol. The summed E-state index contributed by atoms with van der Waals surface area (Å²) in [6, 6.07) is 0.